The van der Waals surface area contributed by atoms with Gasteiger partial charge in [0.05, 0.1) is 6.20 Å². The van der Waals surface area contributed by atoms with Gasteiger partial charge in [0.1, 0.15) is 5.82 Å². The third-order valence-electron chi connectivity index (χ3n) is 3.72. The molecule has 92 valence electrons. The van der Waals surface area contributed by atoms with Gasteiger partial charge in [0.2, 0.25) is 0 Å². The summed E-state index contributed by atoms with van der Waals surface area (Å²) < 4.78 is 0. The zero-order valence-corrected chi connectivity index (χ0v) is 10.6. The second-order valence-corrected chi connectivity index (χ2v) is 5.07. The highest BCUT2D eigenvalue weighted by atomic mass is 15.2. The van der Waals surface area contributed by atoms with Gasteiger partial charge in [-0.05, 0) is 18.4 Å². The molecule has 0 spiro atoms. The van der Waals surface area contributed by atoms with E-state index in [1.54, 1.807) is 12.4 Å². The van der Waals surface area contributed by atoms with Crippen LogP contribution in [0.5, 0.6) is 0 Å². The van der Waals surface area contributed by atoms with E-state index < -0.39 is 0 Å². The molecule has 0 atom stereocenters. The van der Waals surface area contributed by atoms with Gasteiger partial charge in [0, 0.05) is 31.4 Å². The molecule has 0 N–H and O–H groups in total. The first-order chi connectivity index (χ1) is 8.80. The largest absolute Gasteiger partial charge is 0.358 e. The Morgan fingerprint density at radius 1 is 1.17 bits per heavy atom. The monoisotopic (exact) mass is 239 g/mol. The van der Waals surface area contributed by atoms with Crippen molar-refractivity contribution in [3.63, 3.8) is 0 Å². The number of anilines is 1. The predicted molar refractivity (Wildman–Crippen MR) is 72.7 cm³/mol. The molecule has 18 heavy (non-hydrogen) atoms. The normalized spacial score (nSPS) is 16.3. The number of hydrogen-bond donors (Lipinski definition) is 0. The molecule has 1 aliphatic rings. The molecule has 1 fully saturated rings. The molecule has 0 saturated heterocycles. The minimum atomic E-state index is 0.327. The van der Waals surface area contributed by atoms with Crippen molar-refractivity contribution in [1.82, 2.24) is 9.97 Å². The van der Waals surface area contributed by atoms with Crippen LogP contribution in [0.4, 0.5) is 5.82 Å². The molecule has 0 bridgehead atoms. The first-order valence-electron chi connectivity index (χ1n) is 6.33. The summed E-state index contributed by atoms with van der Waals surface area (Å²) in [6.45, 7) is 1.01. The van der Waals surface area contributed by atoms with E-state index in [-0.39, 0.29) is 0 Å². The second-order valence-electron chi connectivity index (χ2n) is 5.07. The Labute approximate surface area is 108 Å². The first kappa shape index (κ1) is 11.2. The van der Waals surface area contributed by atoms with E-state index in [1.807, 2.05) is 6.20 Å². The molecule has 0 aliphatic heterocycles. The lowest BCUT2D eigenvalue weighted by Gasteiger charge is -2.24. The van der Waals surface area contributed by atoms with Crippen LogP contribution in [0.3, 0.4) is 0 Å². The van der Waals surface area contributed by atoms with Gasteiger partial charge >= 0.3 is 0 Å². The summed E-state index contributed by atoms with van der Waals surface area (Å²) in [6, 6.07) is 10.8. The minimum absolute atomic E-state index is 0.327. The van der Waals surface area contributed by atoms with Gasteiger partial charge in [0.25, 0.3) is 0 Å². The molecular weight excluding hydrogens is 222 g/mol. The van der Waals surface area contributed by atoms with Crippen molar-refractivity contribution >= 4 is 5.82 Å². The van der Waals surface area contributed by atoms with E-state index >= 15 is 0 Å². The maximum atomic E-state index is 4.35. The lowest BCUT2D eigenvalue weighted by molar-refractivity contribution is 0.668. The quantitative estimate of drug-likeness (QED) is 0.821. The van der Waals surface area contributed by atoms with E-state index in [9.17, 15) is 0 Å². The molecule has 3 nitrogen and oxygen atoms in total. The lowest BCUT2D eigenvalue weighted by atomic mass is 9.95. The van der Waals surface area contributed by atoms with Crippen molar-refractivity contribution in [2.24, 2.45) is 0 Å². The third kappa shape index (κ3) is 2.08. The van der Waals surface area contributed by atoms with E-state index in [4.69, 9.17) is 0 Å². The van der Waals surface area contributed by atoms with Gasteiger partial charge in [-0.15, -0.1) is 0 Å². The molecule has 1 saturated carbocycles. The van der Waals surface area contributed by atoms with Crippen LogP contribution in [0.2, 0.25) is 0 Å². The molecule has 0 unspecified atom stereocenters. The Morgan fingerprint density at radius 3 is 2.56 bits per heavy atom. The number of rotatable bonds is 4. The van der Waals surface area contributed by atoms with Gasteiger partial charge in [-0.3, -0.25) is 4.98 Å². The summed E-state index contributed by atoms with van der Waals surface area (Å²) in [7, 11) is 2.09. The van der Waals surface area contributed by atoms with Crippen LogP contribution in [0.15, 0.2) is 48.9 Å². The predicted octanol–water partition coefficient (Wildman–Crippen LogP) is 2.64. The highest BCUT2D eigenvalue weighted by Crippen LogP contribution is 2.48. The molecule has 3 rings (SSSR count). The first-order valence-corrected chi connectivity index (χ1v) is 6.33. The van der Waals surface area contributed by atoms with E-state index in [1.165, 1.54) is 18.4 Å². The van der Waals surface area contributed by atoms with Crippen molar-refractivity contribution in [2.75, 3.05) is 18.5 Å². The van der Waals surface area contributed by atoms with Crippen LogP contribution in [0.25, 0.3) is 0 Å². The van der Waals surface area contributed by atoms with Gasteiger partial charge < -0.3 is 4.90 Å². The van der Waals surface area contributed by atoms with Crippen LogP contribution in [-0.2, 0) is 5.41 Å². The number of nitrogens with zero attached hydrogens (tertiary/aromatic N) is 3. The fourth-order valence-electron chi connectivity index (χ4n) is 2.50. The van der Waals surface area contributed by atoms with Crippen molar-refractivity contribution in [3.8, 4) is 0 Å². The van der Waals surface area contributed by atoms with Crippen LogP contribution < -0.4 is 4.90 Å². The van der Waals surface area contributed by atoms with Crippen LogP contribution >= 0.6 is 0 Å². The van der Waals surface area contributed by atoms with Crippen LogP contribution in [0, 0.1) is 0 Å². The Kier molecular flexibility index (Phi) is 2.74. The Bertz CT molecular complexity index is 506. The van der Waals surface area contributed by atoms with E-state index in [0.717, 1.165) is 12.4 Å². The third-order valence-corrected chi connectivity index (χ3v) is 3.72. The van der Waals surface area contributed by atoms with Crippen molar-refractivity contribution in [1.29, 1.82) is 0 Å². The average Bonchev–Trinajstić information content (AvgIpc) is 3.22. The number of likely N-dealkylation sites (N-methyl/N-ethyl adjacent to an activating group) is 1. The topological polar surface area (TPSA) is 29.0 Å². The SMILES string of the molecule is CN(CC1(c2ccccc2)CC1)c1cnccn1. The van der Waals surface area contributed by atoms with Crippen molar-refractivity contribution in [2.45, 2.75) is 18.3 Å². The number of hydrogen-bond acceptors (Lipinski definition) is 3. The zero-order chi connectivity index (χ0) is 12.4. The summed E-state index contributed by atoms with van der Waals surface area (Å²) in [5.74, 6) is 0.944. The molecule has 2 aromatic rings. The Morgan fingerprint density at radius 2 is 1.94 bits per heavy atom. The standard InChI is InChI=1S/C15H17N3/c1-18(14-11-16-9-10-17-14)12-15(7-8-15)13-5-3-2-4-6-13/h2-6,9-11H,7-8,12H2,1H3. The summed E-state index contributed by atoms with van der Waals surface area (Å²) in [6.07, 6.45) is 7.81. The molecule has 1 heterocycles. The summed E-state index contributed by atoms with van der Waals surface area (Å²) in [4.78, 5) is 10.7. The fourth-order valence-corrected chi connectivity index (χ4v) is 2.50. The summed E-state index contributed by atoms with van der Waals surface area (Å²) in [5.41, 5.74) is 1.77. The molecule has 1 aliphatic carbocycles. The fraction of sp³-hybridized carbons (Fsp3) is 0.333. The second kappa shape index (κ2) is 4.41. The van der Waals surface area contributed by atoms with Gasteiger partial charge in [0.15, 0.2) is 0 Å². The molecule has 0 amide bonds. The van der Waals surface area contributed by atoms with E-state index in [2.05, 4.69) is 52.2 Å². The molecular formula is C15H17N3. The molecule has 3 heteroatoms. The van der Waals surface area contributed by atoms with E-state index in [0.29, 0.717) is 5.41 Å². The summed E-state index contributed by atoms with van der Waals surface area (Å²) in [5, 5.41) is 0. The van der Waals surface area contributed by atoms with Crippen molar-refractivity contribution < 1.29 is 0 Å². The molecule has 1 aromatic carbocycles. The highest BCUT2D eigenvalue weighted by Gasteiger charge is 2.45. The van der Waals surface area contributed by atoms with Gasteiger partial charge in [-0.25, -0.2) is 4.98 Å². The van der Waals surface area contributed by atoms with Crippen molar-refractivity contribution in [3.05, 3.63) is 54.5 Å². The summed E-state index contributed by atoms with van der Waals surface area (Å²) >= 11 is 0. The van der Waals surface area contributed by atoms with Gasteiger partial charge in [-0.2, -0.15) is 0 Å². The Hall–Kier alpha value is -1.90. The van der Waals surface area contributed by atoms with Crippen LogP contribution in [-0.4, -0.2) is 23.6 Å². The average molecular weight is 239 g/mol. The Balaban J connectivity index is 1.77. The zero-order valence-electron chi connectivity index (χ0n) is 10.6. The molecule has 1 aromatic heterocycles. The van der Waals surface area contributed by atoms with Gasteiger partial charge in [-0.1, -0.05) is 30.3 Å². The number of aromatic nitrogens is 2. The maximum Gasteiger partial charge on any atom is 0.146 e. The molecule has 0 radical (unpaired) electrons. The maximum absolute atomic E-state index is 4.35. The highest BCUT2D eigenvalue weighted by molar-refractivity contribution is 5.40. The van der Waals surface area contributed by atoms with Crippen LogP contribution in [0.1, 0.15) is 18.4 Å². The minimum Gasteiger partial charge on any atom is -0.358 e. The smallest absolute Gasteiger partial charge is 0.146 e. The lowest BCUT2D eigenvalue weighted by Crippen LogP contribution is -2.29. The number of benzene rings is 1.